The van der Waals surface area contributed by atoms with E-state index in [1.807, 2.05) is 12.1 Å². The highest BCUT2D eigenvalue weighted by Gasteiger charge is 2.26. The van der Waals surface area contributed by atoms with Crippen molar-refractivity contribution in [2.45, 2.75) is 51.1 Å². The summed E-state index contributed by atoms with van der Waals surface area (Å²) in [6.07, 6.45) is 4.62. The van der Waals surface area contributed by atoms with Gasteiger partial charge in [0.25, 0.3) is 0 Å². The van der Waals surface area contributed by atoms with Gasteiger partial charge in [-0.1, -0.05) is 44.0 Å². The molecule has 0 heterocycles. The average Bonchev–Trinajstić information content (AvgIpc) is 2.76. The molecule has 0 saturated carbocycles. The summed E-state index contributed by atoms with van der Waals surface area (Å²) in [6.45, 7) is 2.09. The number of carbonyl (C=O) groups is 1. The van der Waals surface area contributed by atoms with Crippen molar-refractivity contribution >= 4 is 5.97 Å². The van der Waals surface area contributed by atoms with Crippen LogP contribution in [0.4, 0.5) is 0 Å². The van der Waals surface area contributed by atoms with Gasteiger partial charge in [0.2, 0.25) is 0 Å². The lowest BCUT2D eigenvalue weighted by molar-refractivity contribution is -0.139. The number of carboxylic acids is 1. The first-order valence-corrected chi connectivity index (χ1v) is 6.76. The molecule has 0 saturated heterocycles. The second-order valence-electron chi connectivity index (χ2n) is 5.07. The fraction of sp³-hybridized carbons (Fsp3) is 0.533. The highest BCUT2D eigenvalue weighted by atomic mass is 16.4. The molecule has 1 aromatic rings. The van der Waals surface area contributed by atoms with Crippen molar-refractivity contribution < 1.29 is 9.90 Å². The lowest BCUT2D eigenvalue weighted by Crippen LogP contribution is -2.43. The minimum absolute atomic E-state index is 0.278. The van der Waals surface area contributed by atoms with Crippen molar-refractivity contribution in [2.24, 2.45) is 0 Å². The molecule has 2 rings (SSSR count). The minimum Gasteiger partial charge on any atom is -0.480 e. The lowest BCUT2D eigenvalue weighted by atomic mass is 10.1. The van der Waals surface area contributed by atoms with Crippen LogP contribution >= 0.6 is 0 Å². The molecule has 0 unspecified atom stereocenters. The van der Waals surface area contributed by atoms with Crippen molar-refractivity contribution in [3.05, 3.63) is 35.4 Å². The van der Waals surface area contributed by atoms with Crippen LogP contribution in [0.25, 0.3) is 0 Å². The van der Waals surface area contributed by atoms with Crippen molar-refractivity contribution in [3.63, 3.8) is 0 Å². The molecule has 1 aliphatic carbocycles. The van der Waals surface area contributed by atoms with Crippen LogP contribution in [0.15, 0.2) is 24.3 Å². The monoisotopic (exact) mass is 247 g/mol. The van der Waals surface area contributed by atoms with Crippen molar-refractivity contribution in [2.75, 3.05) is 0 Å². The largest absolute Gasteiger partial charge is 0.480 e. The van der Waals surface area contributed by atoms with E-state index >= 15 is 0 Å². The van der Waals surface area contributed by atoms with Gasteiger partial charge < -0.3 is 10.4 Å². The van der Waals surface area contributed by atoms with Gasteiger partial charge in [-0.25, -0.2) is 0 Å². The van der Waals surface area contributed by atoms with Gasteiger partial charge in [0.05, 0.1) is 0 Å². The molecule has 2 N–H and O–H groups in total. The van der Waals surface area contributed by atoms with Crippen LogP contribution in [0, 0.1) is 0 Å². The summed E-state index contributed by atoms with van der Waals surface area (Å²) < 4.78 is 0. The van der Waals surface area contributed by atoms with E-state index in [9.17, 15) is 9.90 Å². The molecule has 1 aromatic carbocycles. The van der Waals surface area contributed by atoms with Gasteiger partial charge in [0.1, 0.15) is 6.04 Å². The van der Waals surface area contributed by atoms with E-state index in [1.54, 1.807) is 0 Å². The molecule has 0 bridgehead atoms. The van der Waals surface area contributed by atoms with E-state index in [4.69, 9.17) is 0 Å². The highest BCUT2D eigenvalue weighted by molar-refractivity contribution is 5.73. The van der Waals surface area contributed by atoms with Gasteiger partial charge >= 0.3 is 5.97 Å². The fourth-order valence-corrected chi connectivity index (χ4v) is 2.65. The Labute approximate surface area is 108 Å². The van der Waals surface area contributed by atoms with E-state index in [1.165, 1.54) is 11.1 Å². The molecule has 1 aliphatic rings. The van der Waals surface area contributed by atoms with E-state index in [2.05, 4.69) is 24.4 Å². The number of fused-ring (bicyclic) bond motifs is 1. The van der Waals surface area contributed by atoms with Crippen molar-refractivity contribution in [1.29, 1.82) is 0 Å². The molecule has 3 heteroatoms. The maximum Gasteiger partial charge on any atom is 0.320 e. The molecular weight excluding hydrogens is 226 g/mol. The second kappa shape index (κ2) is 6.01. The first kappa shape index (κ1) is 13.1. The molecular formula is C15H21NO2. The maximum atomic E-state index is 11.2. The van der Waals surface area contributed by atoms with Gasteiger partial charge in [-0.2, -0.15) is 0 Å². The fourth-order valence-electron chi connectivity index (χ4n) is 2.65. The number of aliphatic carboxylic acids is 1. The molecule has 0 fully saturated rings. The summed E-state index contributed by atoms with van der Waals surface area (Å²) >= 11 is 0. The first-order valence-electron chi connectivity index (χ1n) is 6.76. The second-order valence-corrected chi connectivity index (χ2v) is 5.07. The van der Waals surface area contributed by atoms with Crippen LogP contribution in [0.5, 0.6) is 0 Å². The van der Waals surface area contributed by atoms with E-state index < -0.39 is 12.0 Å². The summed E-state index contributed by atoms with van der Waals surface area (Å²) in [5, 5.41) is 12.5. The summed E-state index contributed by atoms with van der Waals surface area (Å²) in [6, 6.07) is 8.25. The number of rotatable bonds is 6. The Balaban J connectivity index is 1.92. The van der Waals surface area contributed by atoms with Crippen LogP contribution in [-0.4, -0.2) is 23.2 Å². The Morgan fingerprint density at radius 3 is 2.50 bits per heavy atom. The lowest BCUT2D eigenvalue weighted by Gasteiger charge is -2.19. The number of nitrogens with one attached hydrogen (secondary N) is 1. The smallest absolute Gasteiger partial charge is 0.320 e. The molecule has 0 aromatic heterocycles. The molecule has 1 atom stereocenters. The maximum absolute atomic E-state index is 11.2. The van der Waals surface area contributed by atoms with E-state index in [0.717, 1.165) is 32.1 Å². The van der Waals surface area contributed by atoms with Gasteiger partial charge in [0.15, 0.2) is 0 Å². The normalized spacial score (nSPS) is 16.5. The zero-order valence-electron chi connectivity index (χ0n) is 10.9. The predicted octanol–water partition coefficient (Wildman–Crippen LogP) is 2.39. The van der Waals surface area contributed by atoms with Crippen LogP contribution < -0.4 is 5.32 Å². The van der Waals surface area contributed by atoms with Gasteiger partial charge in [-0.3, -0.25) is 4.79 Å². The zero-order chi connectivity index (χ0) is 13.0. The van der Waals surface area contributed by atoms with Crippen LogP contribution in [0.3, 0.4) is 0 Å². The third-order valence-corrected chi connectivity index (χ3v) is 3.63. The summed E-state index contributed by atoms with van der Waals surface area (Å²) in [5.41, 5.74) is 2.71. The summed E-state index contributed by atoms with van der Waals surface area (Å²) in [5.74, 6) is -0.723. The van der Waals surface area contributed by atoms with Crippen LogP contribution in [-0.2, 0) is 17.6 Å². The number of hydrogen-bond acceptors (Lipinski definition) is 2. The molecule has 3 nitrogen and oxygen atoms in total. The molecule has 0 amide bonds. The number of carboxylic acid groups (broad SMARTS) is 1. The topological polar surface area (TPSA) is 49.3 Å². The Hall–Kier alpha value is -1.35. The van der Waals surface area contributed by atoms with Gasteiger partial charge in [-0.15, -0.1) is 0 Å². The van der Waals surface area contributed by atoms with Gasteiger partial charge in [-0.05, 0) is 30.4 Å². The number of benzene rings is 1. The highest BCUT2D eigenvalue weighted by Crippen LogP contribution is 2.22. The Kier molecular flexibility index (Phi) is 4.37. The first-order chi connectivity index (χ1) is 8.70. The predicted molar refractivity (Wildman–Crippen MR) is 71.7 cm³/mol. The third kappa shape index (κ3) is 3.10. The Bertz CT molecular complexity index is 392. The molecule has 0 aliphatic heterocycles. The molecule has 18 heavy (non-hydrogen) atoms. The zero-order valence-corrected chi connectivity index (χ0v) is 10.9. The Morgan fingerprint density at radius 2 is 2.00 bits per heavy atom. The van der Waals surface area contributed by atoms with E-state index in [-0.39, 0.29) is 6.04 Å². The van der Waals surface area contributed by atoms with E-state index in [0.29, 0.717) is 0 Å². The molecule has 0 spiro atoms. The quantitative estimate of drug-likeness (QED) is 0.811. The number of unbranched alkanes of at least 4 members (excludes halogenated alkanes) is 1. The minimum atomic E-state index is -0.723. The average molecular weight is 247 g/mol. The molecule has 0 radical (unpaired) electrons. The van der Waals surface area contributed by atoms with Crippen molar-refractivity contribution in [3.8, 4) is 0 Å². The summed E-state index contributed by atoms with van der Waals surface area (Å²) in [7, 11) is 0. The van der Waals surface area contributed by atoms with Gasteiger partial charge in [0, 0.05) is 6.04 Å². The SMILES string of the molecule is CCCC[C@H](NC1Cc2ccccc2C1)C(=O)O. The molecule has 98 valence electrons. The Morgan fingerprint density at radius 1 is 1.39 bits per heavy atom. The van der Waals surface area contributed by atoms with Crippen molar-refractivity contribution in [1.82, 2.24) is 5.32 Å². The summed E-state index contributed by atoms with van der Waals surface area (Å²) in [4.78, 5) is 11.2. The van der Waals surface area contributed by atoms with Crippen LogP contribution in [0.2, 0.25) is 0 Å². The van der Waals surface area contributed by atoms with Crippen LogP contribution in [0.1, 0.15) is 37.3 Å². The third-order valence-electron chi connectivity index (χ3n) is 3.63. The number of hydrogen-bond donors (Lipinski definition) is 2. The standard InChI is InChI=1S/C15H21NO2/c1-2-3-8-14(15(17)18)16-13-9-11-6-4-5-7-12(11)10-13/h4-7,13-14,16H,2-3,8-10H2,1H3,(H,17,18)/t14-/m0/s1.